The van der Waals surface area contributed by atoms with Crippen molar-refractivity contribution in [3.05, 3.63) is 42.2 Å². The minimum atomic E-state index is -0.131. The van der Waals surface area contributed by atoms with E-state index in [0.717, 1.165) is 35.5 Å². The van der Waals surface area contributed by atoms with Crippen molar-refractivity contribution in [1.29, 1.82) is 0 Å². The van der Waals surface area contributed by atoms with Crippen molar-refractivity contribution in [2.45, 2.75) is 31.6 Å². The van der Waals surface area contributed by atoms with Crippen LogP contribution in [-0.2, 0) is 0 Å². The maximum atomic E-state index is 12.6. The molecule has 5 nitrogen and oxygen atoms in total. The molecule has 0 bridgehead atoms. The number of nitrogens with zero attached hydrogens (tertiary/aromatic N) is 3. The van der Waals surface area contributed by atoms with E-state index in [-0.39, 0.29) is 5.91 Å². The first-order chi connectivity index (χ1) is 12.2. The second kappa shape index (κ2) is 8.34. The monoisotopic (exact) mass is 356 g/mol. The number of amides is 1. The highest BCUT2D eigenvalue weighted by Crippen LogP contribution is 2.25. The number of carbonyl (C=O) groups is 1. The number of aromatic nitrogens is 2. The van der Waals surface area contributed by atoms with Gasteiger partial charge in [-0.25, -0.2) is 9.97 Å². The second-order valence-corrected chi connectivity index (χ2v) is 7.62. The highest BCUT2D eigenvalue weighted by atomic mass is 32.2. The number of piperidine rings is 1. The average molecular weight is 356 g/mol. The Balaban J connectivity index is 1.73. The van der Waals surface area contributed by atoms with Crippen LogP contribution in [0, 0.1) is 5.92 Å². The number of thioether (sulfide) groups is 1. The molecule has 1 aromatic carbocycles. The first-order valence-corrected chi connectivity index (χ1v) is 9.76. The molecule has 1 saturated heterocycles. The minimum absolute atomic E-state index is 0.131. The molecule has 2 heterocycles. The molecule has 0 saturated carbocycles. The molecular weight excluding hydrogens is 332 g/mol. The van der Waals surface area contributed by atoms with Crippen LogP contribution in [0.25, 0.3) is 0 Å². The van der Waals surface area contributed by atoms with Crippen LogP contribution in [0.15, 0.2) is 41.6 Å². The van der Waals surface area contributed by atoms with E-state index < -0.39 is 0 Å². The van der Waals surface area contributed by atoms with Crippen LogP contribution in [0.2, 0.25) is 0 Å². The molecule has 1 aromatic heterocycles. The lowest BCUT2D eigenvalue weighted by molar-refractivity contribution is 0.102. The fourth-order valence-electron chi connectivity index (χ4n) is 2.95. The first kappa shape index (κ1) is 17.7. The van der Waals surface area contributed by atoms with Gasteiger partial charge in [-0.05, 0) is 36.6 Å². The number of benzene rings is 1. The summed E-state index contributed by atoms with van der Waals surface area (Å²) in [6.45, 7) is 6.37. The largest absolute Gasteiger partial charge is 0.356 e. The Morgan fingerprint density at radius 3 is 2.80 bits per heavy atom. The highest BCUT2D eigenvalue weighted by molar-refractivity contribution is 7.99. The van der Waals surface area contributed by atoms with Crippen LogP contribution in [0.3, 0.4) is 0 Å². The molecule has 6 heteroatoms. The van der Waals surface area contributed by atoms with Gasteiger partial charge in [0.05, 0.1) is 5.56 Å². The molecule has 0 spiro atoms. The van der Waals surface area contributed by atoms with Gasteiger partial charge in [-0.3, -0.25) is 4.79 Å². The number of carbonyl (C=O) groups excluding carboxylic acids is 1. The summed E-state index contributed by atoms with van der Waals surface area (Å²) in [5.74, 6) is 2.99. The summed E-state index contributed by atoms with van der Waals surface area (Å²) in [6.07, 6.45) is 3.87. The first-order valence-electron chi connectivity index (χ1n) is 8.77. The Bertz CT molecular complexity index is 729. The number of nitrogens with one attached hydrogen (secondary N) is 1. The van der Waals surface area contributed by atoms with Gasteiger partial charge in [-0.15, -0.1) is 11.8 Å². The molecule has 132 valence electrons. The maximum absolute atomic E-state index is 12.6. The fraction of sp³-hybridized carbons (Fsp3) is 0.421. The van der Waals surface area contributed by atoms with Gasteiger partial charge in [0, 0.05) is 24.1 Å². The Kier molecular flexibility index (Phi) is 5.91. The lowest BCUT2D eigenvalue weighted by Crippen LogP contribution is -2.33. The van der Waals surface area contributed by atoms with E-state index >= 15 is 0 Å². The van der Waals surface area contributed by atoms with Crippen molar-refractivity contribution >= 4 is 29.3 Å². The summed E-state index contributed by atoms with van der Waals surface area (Å²) in [5, 5.41) is 2.92. The summed E-state index contributed by atoms with van der Waals surface area (Å²) < 4.78 is 0. The molecule has 3 rings (SSSR count). The Labute approximate surface area is 153 Å². The summed E-state index contributed by atoms with van der Waals surface area (Å²) in [6, 6.07) is 9.53. The van der Waals surface area contributed by atoms with E-state index in [0.29, 0.717) is 11.4 Å². The van der Waals surface area contributed by atoms with Crippen molar-refractivity contribution in [1.82, 2.24) is 9.97 Å². The zero-order chi connectivity index (χ0) is 17.6. The van der Waals surface area contributed by atoms with E-state index in [2.05, 4.69) is 34.0 Å². The van der Waals surface area contributed by atoms with Gasteiger partial charge in [0.25, 0.3) is 5.91 Å². The quantitative estimate of drug-likeness (QED) is 0.818. The molecule has 1 aliphatic rings. The SMILES string of the molecule is CCSc1ccccc1C(=O)Nc1cc(N2CCC(C)CC2)ncn1. The van der Waals surface area contributed by atoms with Gasteiger partial charge < -0.3 is 10.2 Å². The standard InChI is InChI=1S/C19H24N4OS/c1-3-25-16-7-5-4-6-15(16)19(24)22-17-12-18(21-13-20-17)23-10-8-14(2)9-11-23/h4-7,12-14H,3,8-11H2,1-2H3,(H,20,21,22,24). The minimum Gasteiger partial charge on any atom is -0.356 e. The number of hydrogen-bond acceptors (Lipinski definition) is 5. The van der Waals surface area contributed by atoms with Gasteiger partial charge in [0.2, 0.25) is 0 Å². The molecule has 1 amide bonds. The normalized spacial score (nSPS) is 15.2. The van der Waals surface area contributed by atoms with Crippen LogP contribution in [0.4, 0.5) is 11.6 Å². The van der Waals surface area contributed by atoms with Gasteiger partial charge >= 0.3 is 0 Å². The maximum Gasteiger partial charge on any atom is 0.257 e. The van der Waals surface area contributed by atoms with Crippen molar-refractivity contribution in [2.75, 3.05) is 29.1 Å². The third kappa shape index (κ3) is 4.51. The third-order valence-corrected chi connectivity index (χ3v) is 5.39. The number of hydrogen-bond donors (Lipinski definition) is 1. The fourth-order valence-corrected chi connectivity index (χ4v) is 3.75. The third-order valence-electron chi connectivity index (χ3n) is 4.43. The van der Waals surface area contributed by atoms with E-state index in [1.165, 1.54) is 19.2 Å². The van der Waals surface area contributed by atoms with Crippen LogP contribution < -0.4 is 10.2 Å². The Morgan fingerprint density at radius 1 is 1.28 bits per heavy atom. The van der Waals surface area contributed by atoms with E-state index in [1.807, 2.05) is 30.3 Å². The molecule has 25 heavy (non-hydrogen) atoms. The topological polar surface area (TPSA) is 58.1 Å². The van der Waals surface area contributed by atoms with E-state index in [9.17, 15) is 4.79 Å². The molecule has 2 aromatic rings. The average Bonchev–Trinajstić information content (AvgIpc) is 2.63. The lowest BCUT2D eigenvalue weighted by atomic mass is 9.99. The van der Waals surface area contributed by atoms with Crippen LogP contribution in [0.5, 0.6) is 0 Å². The van der Waals surface area contributed by atoms with Gasteiger partial charge in [-0.2, -0.15) is 0 Å². The molecule has 1 N–H and O–H groups in total. The molecule has 0 unspecified atom stereocenters. The van der Waals surface area contributed by atoms with Crippen LogP contribution in [0.1, 0.15) is 37.0 Å². The second-order valence-electron chi connectivity index (χ2n) is 6.31. The molecular formula is C19H24N4OS. The molecule has 1 aliphatic heterocycles. The lowest BCUT2D eigenvalue weighted by Gasteiger charge is -2.31. The van der Waals surface area contributed by atoms with Gasteiger partial charge in [0.1, 0.15) is 18.0 Å². The summed E-state index contributed by atoms with van der Waals surface area (Å²) in [7, 11) is 0. The van der Waals surface area contributed by atoms with Gasteiger partial charge in [0.15, 0.2) is 0 Å². The zero-order valence-electron chi connectivity index (χ0n) is 14.7. The molecule has 0 atom stereocenters. The Hall–Kier alpha value is -2.08. The predicted molar refractivity (Wildman–Crippen MR) is 103 cm³/mol. The predicted octanol–water partition coefficient (Wildman–Crippen LogP) is 4.08. The summed E-state index contributed by atoms with van der Waals surface area (Å²) >= 11 is 1.67. The highest BCUT2D eigenvalue weighted by Gasteiger charge is 2.18. The van der Waals surface area contributed by atoms with Crippen molar-refractivity contribution in [3.63, 3.8) is 0 Å². The van der Waals surface area contributed by atoms with Crippen molar-refractivity contribution in [3.8, 4) is 0 Å². The molecule has 0 aliphatic carbocycles. The number of anilines is 2. The van der Waals surface area contributed by atoms with E-state index in [1.54, 1.807) is 11.8 Å². The smallest absolute Gasteiger partial charge is 0.257 e. The summed E-state index contributed by atoms with van der Waals surface area (Å²) in [5.41, 5.74) is 0.682. The molecule has 1 fully saturated rings. The van der Waals surface area contributed by atoms with Crippen LogP contribution >= 0.6 is 11.8 Å². The Morgan fingerprint density at radius 2 is 2.04 bits per heavy atom. The van der Waals surface area contributed by atoms with Crippen molar-refractivity contribution in [2.24, 2.45) is 5.92 Å². The van der Waals surface area contributed by atoms with Crippen LogP contribution in [-0.4, -0.2) is 34.7 Å². The molecule has 0 radical (unpaired) electrons. The summed E-state index contributed by atoms with van der Waals surface area (Å²) in [4.78, 5) is 24.5. The van der Waals surface area contributed by atoms with Gasteiger partial charge in [-0.1, -0.05) is 26.0 Å². The number of rotatable bonds is 5. The van der Waals surface area contributed by atoms with Crippen molar-refractivity contribution < 1.29 is 4.79 Å². The zero-order valence-corrected chi connectivity index (χ0v) is 15.6. The van der Waals surface area contributed by atoms with E-state index in [4.69, 9.17) is 0 Å².